The van der Waals surface area contributed by atoms with Gasteiger partial charge in [-0.15, -0.1) is 11.6 Å². The third kappa shape index (κ3) is 14.4. The van der Waals surface area contributed by atoms with E-state index in [1.165, 1.54) is 0 Å². The molecule has 0 aliphatic rings. The lowest BCUT2D eigenvalue weighted by molar-refractivity contribution is -0.0328. The number of unbranched alkanes of at least 4 members (excludes halogenated alkanes) is 6. The first-order valence-corrected chi connectivity index (χ1v) is 6.85. The van der Waals surface area contributed by atoms with Crippen molar-refractivity contribution in [1.82, 2.24) is 0 Å². The van der Waals surface area contributed by atoms with Gasteiger partial charge in [0.2, 0.25) is 0 Å². The molecule has 0 aromatic rings. The largest absolute Gasteiger partial charge is 0.441 e. The second kappa shape index (κ2) is 9.64. The Labute approximate surface area is 98.9 Å². The molecule has 0 fully saturated rings. The molecule has 0 heterocycles. The molecular formula is C10H18ClF3S. The minimum atomic E-state index is -4.06. The average Bonchev–Trinajstić information content (AvgIpc) is 2.14. The van der Waals surface area contributed by atoms with E-state index in [2.05, 4.69) is 0 Å². The van der Waals surface area contributed by atoms with Crippen molar-refractivity contribution in [3.63, 3.8) is 0 Å². The lowest BCUT2D eigenvalue weighted by atomic mass is 10.1. The van der Waals surface area contributed by atoms with Crippen LogP contribution in [0, 0.1) is 0 Å². The van der Waals surface area contributed by atoms with Crippen LogP contribution < -0.4 is 0 Å². The van der Waals surface area contributed by atoms with Gasteiger partial charge in [-0.3, -0.25) is 0 Å². The number of rotatable bonds is 9. The Bertz CT molecular complexity index is 139. The fourth-order valence-electron chi connectivity index (χ4n) is 1.27. The molecular weight excluding hydrogens is 245 g/mol. The zero-order chi connectivity index (χ0) is 11.6. The van der Waals surface area contributed by atoms with E-state index < -0.39 is 5.51 Å². The van der Waals surface area contributed by atoms with Gasteiger partial charge in [-0.05, 0) is 12.8 Å². The standard InChI is InChI=1S/C10H18ClF3S/c11-8-6-4-2-1-3-5-7-9-15-10(12,13)14/h1-9H2. The van der Waals surface area contributed by atoms with E-state index in [-0.39, 0.29) is 17.5 Å². The smallest absolute Gasteiger partial charge is 0.160 e. The van der Waals surface area contributed by atoms with Crippen LogP contribution in [0.3, 0.4) is 0 Å². The van der Waals surface area contributed by atoms with Gasteiger partial charge in [0.1, 0.15) is 0 Å². The van der Waals surface area contributed by atoms with Crippen molar-refractivity contribution < 1.29 is 13.2 Å². The summed E-state index contributed by atoms with van der Waals surface area (Å²) in [5.41, 5.74) is -4.06. The minimum Gasteiger partial charge on any atom is -0.160 e. The molecule has 0 amide bonds. The summed E-state index contributed by atoms with van der Waals surface area (Å²) in [5, 5.41) is 0. The average molecular weight is 263 g/mol. The van der Waals surface area contributed by atoms with Crippen molar-refractivity contribution in [2.24, 2.45) is 0 Å². The van der Waals surface area contributed by atoms with E-state index in [4.69, 9.17) is 11.6 Å². The Morgan fingerprint density at radius 1 is 0.800 bits per heavy atom. The van der Waals surface area contributed by atoms with Crippen molar-refractivity contribution in [3.05, 3.63) is 0 Å². The van der Waals surface area contributed by atoms with Crippen molar-refractivity contribution in [2.75, 3.05) is 11.6 Å². The van der Waals surface area contributed by atoms with Gasteiger partial charge in [0.15, 0.2) is 0 Å². The number of alkyl halides is 4. The van der Waals surface area contributed by atoms with Gasteiger partial charge in [-0.1, -0.05) is 43.9 Å². The summed E-state index contributed by atoms with van der Waals surface area (Å²) < 4.78 is 35.2. The van der Waals surface area contributed by atoms with E-state index in [0.717, 1.165) is 38.5 Å². The van der Waals surface area contributed by atoms with Crippen LogP contribution in [0.2, 0.25) is 0 Å². The van der Waals surface area contributed by atoms with Gasteiger partial charge in [0.05, 0.1) is 0 Å². The number of hydrogen-bond donors (Lipinski definition) is 0. The fraction of sp³-hybridized carbons (Fsp3) is 1.00. The molecule has 0 spiro atoms. The first-order chi connectivity index (χ1) is 7.06. The molecule has 0 atom stereocenters. The lowest BCUT2D eigenvalue weighted by Gasteiger charge is -2.04. The molecule has 0 saturated carbocycles. The summed E-state index contributed by atoms with van der Waals surface area (Å²) in [6.45, 7) is 0. The summed E-state index contributed by atoms with van der Waals surface area (Å²) >= 11 is 5.60. The Kier molecular flexibility index (Phi) is 9.92. The molecule has 0 rings (SSSR count). The zero-order valence-corrected chi connectivity index (χ0v) is 10.4. The number of thioether (sulfide) groups is 1. The maximum atomic E-state index is 11.7. The molecule has 0 aliphatic heterocycles. The second-order valence-corrected chi connectivity index (χ2v) is 5.00. The van der Waals surface area contributed by atoms with Crippen molar-refractivity contribution >= 4 is 23.4 Å². The van der Waals surface area contributed by atoms with Crippen molar-refractivity contribution in [2.45, 2.75) is 50.5 Å². The van der Waals surface area contributed by atoms with Crippen molar-refractivity contribution in [1.29, 1.82) is 0 Å². The normalized spacial score (nSPS) is 12.0. The summed E-state index contributed by atoms with van der Waals surface area (Å²) in [5.74, 6) is 0.910. The maximum Gasteiger partial charge on any atom is 0.441 e. The topological polar surface area (TPSA) is 0 Å². The summed E-state index contributed by atoms with van der Waals surface area (Å²) in [6, 6.07) is 0. The van der Waals surface area contributed by atoms with Crippen LogP contribution in [0.5, 0.6) is 0 Å². The predicted molar refractivity (Wildman–Crippen MR) is 61.6 cm³/mol. The highest BCUT2D eigenvalue weighted by Crippen LogP contribution is 2.30. The van der Waals surface area contributed by atoms with E-state index in [1.807, 2.05) is 0 Å². The SMILES string of the molecule is FC(F)(F)SCCCCCCCCCCl. The van der Waals surface area contributed by atoms with Gasteiger partial charge in [0.25, 0.3) is 0 Å². The van der Waals surface area contributed by atoms with Gasteiger partial charge >= 0.3 is 5.51 Å². The molecule has 92 valence electrons. The summed E-state index contributed by atoms with van der Waals surface area (Å²) in [6.07, 6.45) is 7.07. The number of hydrogen-bond acceptors (Lipinski definition) is 1. The molecule has 0 unspecified atom stereocenters. The Morgan fingerprint density at radius 3 is 1.73 bits per heavy atom. The first-order valence-electron chi connectivity index (χ1n) is 5.33. The van der Waals surface area contributed by atoms with Crippen LogP contribution in [0.15, 0.2) is 0 Å². The molecule has 0 aliphatic carbocycles. The molecule has 0 nitrogen and oxygen atoms in total. The third-order valence-corrected chi connectivity index (χ3v) is 3.13. The molecule has 0 bridgehead atoms. The fourth-order valence-corrected chi connectivity index (χ4v) is 2.04. The molecule has 0 saturated heterocycles. The van der Waals surface area contributed by atoms with Crippen LogP contribution in [0.25, 0.3) is 0 Å². The highest BCUT2D eigenvalue weighted by molar-refractivity contribution is 8.00. The highest BCUT2D eigenvalue weighted by atomic mass is 35.5. The third-order valence-electron chi connectivity index (χ3n) is 2.04. The van der Waals surface area contributed by atoms with Gasteiger partial charge in [-0.25, -0.2) is 0 Å². The second-order valence-electron chi connectivity index (χ2n) is 3.46. The first kappa shape index (κ1) is 15.4. The highest BCUT2D eigenvalue weighted by Gasteiger charge is 2.27. The predicted octanol–water partition coefficient (Wildman–Crippen LogP) is 5.21. The van der Waals surface area contributed by atoms with Gasteiger partial charge < -0.3 is 0 Å². The Hall–Kier alpha value is 0.430. The lowest BCUT2D eigenvalue weighted by Crippen LogP contribution is -2.01. The molecule has 15 heavy (non-hydrogen) atoms. The molecule has 0 aromatic heterocycles. The van der Waals surface area contributed by atoms with E-state index in [9.17, 15) is 13.2 Å². The van der Waals surface area contributed by atoms with Crippen LogP contribution in [0.1, 0.15) is 44.9 Å². The quantitative estimate of drug-likeness (QED) is 0.406. The van der Waals surface area contributed by atoms with Crippen LogP contribution in [-0.4, -0.2) is 17.1 Å². The molecule has 0 aromatic carbocycles. The van der Waals surface area contributed by atoms with Gasteiger partial charge in [-0.2, -0.15) is 13.2 Å². The zero-order valence-electron chi connectivity index (χ0n) is 8.78. The van der Waals surface area contributed by atoms with Crippen molar-refractivity contribution in [3.8, 4) is 0 Å². The van der Waals surface area contributed by atoms with E-state index >= 15 is 0 Å². The maximum absolute atomic E-state index is 11.7. The Morgan fingerprint density at radius 2 is 1.27 bits per heavy atom. The van der Waals surface area contributed by atoms with Crippen LogP contribution in [0.4, 0.5) is 13.2 Å². The van der Waals surface area contributed by atoms with Gasteiger partial charge in [0, 0.05) is 11.6 Å². The van der Waals surface area contributed by atoms with E-state index in [1.54, 1.807) is 0 Å². The van der Waals surface area contributed by atoms with E-state index in [0.29, 0.717) is 12.3 Å². The monoisotopic (exact) mass is 262 g/mol. The summed E-state index contributed by atoms with van der Waals surface area (Å²) in [7, 11) is 0. The van der Waals surface area contributed by atoms with Crippen LogP contribution >= 0.6 is 23.4 Å². The minimum absolute atomic E-state index is 0.0880. The summed E-state index contributed by atoms with van der Waals surface area (Å²) in [4.78, 5) is 0. The molecule has 0 N–H and O–H groups in total. The molecule has 0 radical (unpaired) electrons. The van der Waals surface area contributed by atoms with Crippen LogP contribution in [-0.2, 0) is 0 Å². The Balaban J connectivity index is 2.99. The number of halogens is 4. The molecule has 5 heteroatoms.